The van der Waals surface area contributed by atoms with Gasteiger partial charge in [-0.2, -0.15) is 5.10 Å². The Bertz CT molecular complexity index is 377. The molecule has 4 nitrogen and oxygen atoms in total. The van der Waals surface area contributed by atoms with Gasteiger partial charge in [0, 0.05) is 32.4 Å². The van der Waals surface area contributed by atoms with Crippen molar-refractivity contribution in [2.24, 2.45) is 7.05 Å². The fourth-order valence-corrected chi connectivity index (χ4v) is 1.24. The SMILES string of the molecule is C=Cc1c(C(=O)N(C)C)nn(C)c1C. The lowest BCUT2D eigenvalue weighted by molar-refractivity contribution is 0.0821. The minimum atomic E-state index is -0.0939. The van der Waals surface area contributed by atoms with E-state index in [1.165, 1.54) is 4.90 Å². The molecule has 14 heavy (non-hydrogen) atoms. The second kappa shape index (κ2) is 3.65. The lowest BCUT2D eigenvalue weighted by Gasteiger charge is -2.07. The summed E-state index contributed by atoms with van der Waals surface area (Å²) in [6, 6.07) is 0. The molecule has 1 aromatic heterocycles. The molecular formula is C10H15N3O. The van der Waals surface area contributed by atoms with Crippen LogP contribution < -0.4 is 0 Å². The summed E-state index contributed by atoms with van der Waals surface area (Å²) in [5.74, 6) is -0.0939. The predicted octanol–water partition coefficient (Wildman–Crippen LogP) is 1.07. The summed E-state index contributed by atoms with van der Waals surface area (Å²) < 4.78 is 1.69. The Morgan fingerprint density at radius 2 is 2.14 bits per heavy atom. The maximum Gasteiger partial charge on any atom is 0.274 e. The van der Waals surface area contributed by atoms with E-state index in [0.717, 1.165) is 11.3 Å². The van der Waals surface area contributed by atoms with E-state index in [1.807, 2.05) is 14.0 Å². The van der Waals surface area contributed by atoms with Gasteiger partial charge in [-0.3, -0.25) is 9.48 Å². The zero-order valence-corrected chi connectivity index (χ0v) is 9.03. The van der Waals surface area contributed by atoms with E-state index in [9.17, 15) is 4.79 Å². The molecule has 1 amide bonds. The number of hydrogen-bond donors (Lipinski definition) is 0. The van der Waals surface area contributed by atoms with Crippen molar-refractivity contribution in [1.29, 1.82) is 0 Å². The van der Waals surface area contributed by atoms with Gasteiger partial charge in [-0.1, -0.05) is 12.7 Å². The number of hydrogen-bond acceptors (Lipinski definition) is 2. The first kappa shape index (κ1) is 10.5. The zero-order valence-electron chi connectivity index (χ0n) is 9.03. The molecule has 0 bridgehead atoms. The molecule has 0 spiro atoms. The van der Waals surface area contributed by atoms with Gasteiger partial charge < -0.3 is 4.90 Å². The topological polar surface area (TPSA) is 38.1 Å². The molecule has 0 saturated heterocycles. The molecule has 0 aliphatic rings. The molecular weight excluding hydrogens is 178 g/mol. The number of carbonyl (C=O) groups excluding carboxylic acids is 1. The predicted molar refractivity (Wildman–Crippen MR) is 56.1 cm³/mol. The van der Waals surface area contributed by atoms with Crippen LogP contribution in [0.2, 0.25) is 0 Å². The van der Waals surface area contributed by atoms with Crippen molar-refractivity contribution in [2.75, 3.05) is 14.1 Å². The van der Waals surface area contributed by atoms with Gasteiger partial charge in [0.25, 0.3) is 5.91 Å². The maximum absolute atomic E-state index is 11.7. The smallest absolute Gasteiger partial charge is 0.274 e. The van der Waals surface area contributed by atoms with Crippen molar-refractivity contribution < 1.29 is 4.79 Å². The van der Waals surface area contributed by atoms with Gasteiger partial charge in [0.05, 0.1) is 0 Å². The van der Waals surface area contributed by atoms with Gasteiger partial charge in [-0.25, -0.2) is 0 Å². The van der Waals surface area contributed by atoms with Gasteiger partial charge in [0.1, 0.15) is 0 Å². The number of amides is 1. The minimum Gasteiger partial charge on any atom is -0.343 e. The normalized spacial score (nSPS) is 10.0. The molecule has 1 heterocycles. The van der Waals surface area contributed by atoms with Crippen LogP contribution in [0.3, 0.4) is 0 Å². The average Bonchev–Trinajstić information content (AvgIpc) is 2.41. The van der Waals surface area contributed by atoms with Crippen LogP contribution in [0, 0.1) is 6.92 Å². The lowest BCUT2D eigenvalue weighted by atomic mass is 10.2. The van der Waals surface area contributed by atoms with Crippen LogP contribution in [0.15, 0.2) is 6.58 Å². The number of aromatic nitrogens is 2. The Labute approximate surface area is 83.8 Å². The molecule has 0 N–H and O–H groups in total. The highest BCUT2D eigenvalue weighted by molar-refractivity contribution is 5.95. The van der Waals surface area contributed by atoms with E-state index in [0.29, 0.717) is 5.69 Å². The van der Waals surface area contributed by atoms with Crippen LogP contribution >= 0.6 is 0 Å². The van der Waals surface area contributed by atoms with Crippen molar-refractivity contribution in [3.63, 3.8) is 0 Å². The largest absolute Gasteiger partial charge is 0.343 e. The van der Waals surface area contributed by atoms with E-state index >= 15 is 0 Å². The Kier molecular flexibility index (Phi) is 2.74. The molecule has 4 heteroatoms. The van der Waals surface area contributed by atoms with Gasteiger partial charge in [-0.15, -0.1) is 0 Å². The molecule has 0 saturated carbocycles. The van der Waals surface area contributed by atoms with Gasteiger partial charge in [0.2, 0.25) is 0 Å². The number of rotatable bonds is 2. The number of aryl methyl sites for hydroxylation is 1. The third-order valence-electron chi connectivity index (χ3n) is 2.19. The summed E-state index contributed by atoms with van der Waals surface area (Å²) >= 11 is 0. The van der Waals surface area contributed by atoms with E-state index in [1.54, 1.807) is 24.9 Å². The molecule has 76 valence electrons. The maximum atomic E-state index is 11.7. The number of carbonyl (C=O) groups is 1. The minimum absolute atomic E-state index is 0.0939. The van der Waals surface area contributed by atoms with Crippen LogP contribution in [0.25, 0.3) is 6.08 Å². The van der Waals surface area contributed by atoms with Crippen LogP contribution in [-0.4, -0.2) is 34.7 Å². The second-order valence-corrected chi connectivity index (χ2v) is 3.38. The van der Waals surface area contributed by atoms with Crippen molar-refractivity contribution in [2.45, 2.75) is 6.92 Å². The third-order valence-corrected chi connectivity index (χ3v) is 2.19. The summed E-state index contributed by atoms with van der Waals surface area (Å²) in [5, 5.41) is 4.16. The fraction of sp³-hybridized carbons (Fsp3) is 0.400. The van der Waals surface area contributed by atoms with Gasteiger partial charge in [-0.05, 0) is 6.92 Å². The molecule has 0 fully saturated rings. The van der Waals surface area contributed by atoms with Gasteiger partial charge in [0.15, 0.2) is 5.69 Å². The average molecular weight is 193 g/mol. The highest BCUT2D eigenvalue weighted by Gasteiger charge is 2.18. The zero-order chi connectivity index (χ0) is 10.9. The summed E-state index contributed by atoms with van der Waals surface area (Å²) in [5.41, 5.74) is 2.22. The molecule has 0 atom stereocenters. The Morgan fingerprint density at radius 1 is 1.57 bits per heavy atom. The van der Waals surface area contributed by atoms with E-state index in [4.69, 9.17) is 0 Å². The highest BCUT2D eigenvalue weighted by atomic mass is 16.2. The summed E-state index contributed by atoms with van der Waals surface area (Å²) in [6.45, 7) is 5.60. The first-order valence-electron chi connectivity index (χ1n) is 4.36. The Hall–Kier alpha value is -1.58. The van der Waals surface area contributed by atoms with E-state index in [2.05, 4.69) is 11.7 Å². The monoisotopic (exact) mass is 193 g/mol. The summed E-state index contributed by atoms with van der Waals surface area (Å²) in [4.78, 5) is 13.2. The third kappa shape index (κ3) is 1.55. The van der Waals surface area contributed by atoms with E-state index in [-0.39, 0.29) is 5.91 Å². The summed E-state index contributed by atoms with van der Waals surface area (Å²) in [7, 11) is 5.23. The molecule has 0 aromatic carbocycles. The molecule has 0 aliphatic carbocycles. The van der Waals surface area contributed by atoms with Crippen molar-refractivity contribution in [3.05, 3.63) is 23.5 Å². The number of nitrogens with zero attached hydrogens (tertiary/aromatic N) is 3. The van der Waals surface area contributed by atoms with Crippen molar-refractivity contribution in [1.82, 2.24) is 14.7 Å². The molecule has 0 unspecified atom stereocenters. The van der Waals surface area contributed by atoms with Crippen LogP contribution in [0.5, 0.6) is 0 Å². The fourth-order valence-electron chi connectivity index (χ4n) is 1.24. The van der Waals surface area contributed by atoms with Crippen molar-refractivity contribution in [3.8, 4) is 0 Å². The first-order chi connectivity index (χ1) is 6.49. The Balaban J connectivity index is 3.28. The van der Waals surface area contributed by atoms with E-state index < -0.39 is 0 Å². The van der Waals surface area contributed by atoms with Crippen LogP contribution in [-0.2, 0) is 7.05 Å². The molecule has 1 rings (SSSR count). The second-order valence-electron chi connectivity index (χ2n) is 3.38. The molecule has 0 radical (unpaired) electrons. The Morgan fingerprint density at radius 3 is 2.57 bits per heavy atom. The van der Waals surface area contributed by atoms with Crippen LogP contribution in [0.4, 0.5) is 0 Å². The van der Waals surface area contributed by atoms with Crippen LogP contribution in [0.1, 0.15) is 21.7 Å². The molecule has 0 aliphatic heterocycles. The summed E-state index contributed by atoms with van der Waals surface area (Å²) in [6.07, 6.45) is 1.67. The standard InChI is InChI=1S/C10H15N3O/c1-6-8-7(2)13(5)11-9(8)10(14)12(3)4/h6H,1H2,2-5H3. The quantitative estimate of drug-likeness (QED) is 0.704. The highest BCUT2D eigenvalue weighted by Crippen LogP contribution is 2.15. The lowest BCUT2D eigenvalue weighted by Crippen LogP contribution is -2.23. The molecule has 1 aromatic rings. The first-order valence-corrected chi connectivity index (χ1v) is 4.36. The van der Waals surface area contributed by atoms with Crippen molar-refractivity contribution >= 4 is 12.0 Å². The van der Waals surface area contributed by atoms with Gasteiger partial charge >= 0.3 is 0 Å².